The van der Waals surface area contributed by atoms with Crippen molar-refractivity contribution in [1.82, 2.24) is 10.2 Å². The molecule has 0 bridgehead atoms. The van der Waals surface area contributed by atoms with Crippen molar-refractivity contribution in [2.24, 2.45) is 0 Å². The normalized spacial score (nSPS) is 9.80. The highest BCUT2D eigenvalue weighted by Crippen LogP contribution is 2.15. The molecule has 0 spiro atoms. The fourth-order valence-electron chi connectivity index (χ4n) is 1.27. The lowest BCUT2D eigenvalue weighted by atomic mass is 10.2. The van der Waals surface area contributed by atoms with E-state index in [9.17, 15) is 4.79 Å². The number of amides is 2. The van der Waals surface area contributed by atoms with Gasteiger partial charge in [0.25, 0.3) is 0 Å². The second kappa shape index (κ2) is 5.66. The Bertz CT molecular complexity index is 324. The number of rotatable bonds is 3. The van der Waals surface area contributed by atoms with Gasteiger partial charge in [0.05, 0.1) is 0 Å². The number of hydrogen-bond acceptors (Lipinski definition) is 2. The first-order chi connectivity index (χ1) is 7.17. The molecule has 3 nitrogen and oxygen atoms in total. The van der Waals surface area contributed by atoms with Gasteiger partial charge < -0.3 is 10.2 Å². The first-order valence-corrected chi connectivity index (χ1v) is 5.95. The van der Waals surface area contributed by atoms with Crippen LogP contribution in [0, 0.1) is 0 Å². The van der Waals surface area contributed by atoms with E-state index in [0.29, 0.717) is 6.54 Å². The zero-order valence-electron chi connectivity index (χ0n) is 9.28. The Kier molecular flexibility index (Phi) is 4.49. The van der Waals surface area contributed by atoms with Gasteiger partial charge in [-0.15, -0.1) is 11.8 Å². The molecule has 82 valence electrons. The standard InChI is InChI=1S/C11H16N2OS/c1-12-11(14)13(2)8-9-4-6-10(15-3)7-5-9/h4-7H,8H2,1-3H3,(H,12,14). The van der Waals surface area contributed by atoms with Crippen LogP contribution in [0.15, 0.2) is 29.2 Å². The predicted molar refractivity (Wildman–Crippen MR) is 64.1 cm³/mol. The zero-order chi connectivity index (χ0) is 11.3. The van der Waals surface area contributed by atoms with Gasteiger partial charge in [-0.1, -0.05) is 12.1 Å². The monoisotopic (exact) mass is 224 g/mol. The molecule has 1 N–H and O–H groups in total. The molecule has 0 atom stereocenters. The van der Waals surface area contributed by atoms with Crippen molar-refractivity contribution in [3.63, 3.8) is 0 Å². The van der Waals surface area contributed by atoms with Crippen LogP contribution in [0.25, 0.3) is 0 Å². The van der Waals surface area contributed by atoms with E-state index >= 15 is 0 Å². The van der Waals surface area contributed by atoms with E-state index in [1.54, 1.807) is 30.8 Å². The van der Waals surface area contributed by atoms with E-state index in [-0.39, 0.29) is 6.03 Å². The molecule has 15 heavy (non-hydrogen) atoms. The molecule has 1 aromatic rings. The Morgan fingerprint density at radius 3 is 2.47 bits per heavy atom. The lowest BCUT2D eigenvalue weighted by Crippen LogP contribution is -2.34. The fraction of sp³-hybridized carbons (Fsp3) is 0.364. The predicted octanol–water partition coefficient (Wildman–Crippen LogP) is 2.18. The van der Waals surface area contributed by atoms with Crippen LogP contribution in [0.5, 0.6) is 0 Å². The highest BCUT2D eigenvalue weighted by atomic mass is 32.2. The van der Waals surface area contributed by atoms with E-state index in [0.717, 1.165) is 5.56 Å². The number of carbonyl (C=O) groups is 1. The van der Waals surface area contributed by atoms with Crippen molar-refractivity contribution in [3.8, 4) is 0 Å². The topological polar surface area (TPSA) is 32.3 Å². The maximum absolute atomic E-state index is 11.2. The fourth-order valence-corrected chi connectivity index (χ4v) is 1.68. The molecule has 0 saturated heterocycles. The van der Waals surface area contributed by atoms with Gasteiger partial charge >= 0.3 is 6.03 Å². The summed E-state index contributed by atoms with van der Waals surface area (Å²) in [7, 11) is 3.41. The molecule has 0 unspecified atom stereocenters. The average molecular weight is 224 g/mol. The van der Waals surface area contributed by atoms with Crippen LogP contribution in [0.4, 0.5) is 4.79 Å². The molecule has 0 heterocycles. The molecule has 0 fully saturated rings. The average Bonchev–Trinajstić information content (AvgIpc) is 2.29. The lowest BCUT2D eigenvalue weighted by molar-refractivity contribution is 0.209. The number of hydrogen-bond donors (Lipinski definition) is 1. The van der Waals surface area contributed by atoms with Crippen LogP contribution < -0.4 is 5.32 Å². The van der Waals surface area contributed by atoms with Crippen molar-refractivity contribution in [3.05, 3.63) is 29.8 Å². The second-order valence-corrected chi connectivity index (χ2v) is 4.14. The van der Waals surface area contributed by atoms with Gasteiger partial charge in [-0.3, -0.25) is 0 Å². The number of nitrogens with zero attached hydrogens (tertiary/aromatic N) is 1. The van der Waals surface area contributed by atoms with Gasteiger partial charge in [-0.05, 0) is 24.0 Å². The van der Waals surface area contributed by atoms with E-state index < -0.39 is 0 Å². The highest BCUT2D eigenvalue weighted by Gasteiger charge is 2.05. The molecule has 0 aliphatic heterocycles. The van der Waals surface area contributed by atoms with E-state index in [1.807, 2.05) is 18.4 Å². The minimum absolute atomic E-state index is 0.0658. The molecule has 0 radical (unpaired) electrons. The Morgan fingerprint density at radius 2 is 2.00 bits per heavy atom. The summed E-state index contributed by atoms with van der Waals surface area (Å²) in [6.45, 7) is 0.633. The second-order valence-electron chi connectivity index (χ2n) is 3.26. The van der Waals surface area contributed by atoms with E-state index in [2.05, 4.69) is 17.4 Å². The molecule has 0 aromatic heterocycles. The maximum Gasteiger partial charge on any atom is 0.317 e. The van der Waals surface area contributed by atoms with Crippen LogP contribution in [0.3, 0.4) is 0 Å². The summed E-state index contributed by atoms with van der Waals surface area (Å²) in [6, 6.07) is 8.16. The van der Waals surface area contributed by atoms with Crippen molar-refractivity contribution in [2.75, 3.05) is 20.4 Å². The van der Waals surface area contributed by atoms with Crippen molar-refractivity contribution < 1.29 is 4.79 Å². The molecule has 0 saturated carbocycles. The van der Waals surface area contributed by atoms with Gasteiger partial charge in [0, 0.05) is 25.5 Å². The van der Waals surface area contributed by atoms with Gasteiger partial charge in [-0.2, -0.15) is 0 Å². The summed E-state index contributed by atoms with van der Waals surface area (Å²) in [4.78, 5) is 14.1. The van der Waals surface area contributed by atoms with Gasteiger partial charge in [-0.25, -0.2) is 4.79 Å². The molecular formula is C11H16N2OS. The third-order valence-corrected chi connectivity index (χ3v) is 2.88. The molecular weight excluding hydrogens is 208 g/mol. The minimum Gasteiger partial charge on any atom is -0.341 e. The minimum atomic E-state index is -0.0658. The summed E-state index contributed by atoms with van der Waals surface area (Å²) < 4.78 is 0. The summed E-state index contributed by atoms with van der Waals surface area (Å²) in [5, 5.41) is 2.59. The van der Waals surface area contributed by atoms with Gasteiger partial charge in [0.2, 0.25) is 0 Å². The number of nitrogens with one attached hydrogen (secondary N) is 1. The molecule has 0 aliphatic carbocycles. The third-order valence-electron chi connectivity index (χ3n) is 2.14. The smallest absolute Gasteiger partial charge is 0.317 e. The first-order valence-electron chi connectivity index (χ1n) is 4.73. The first kappa shape index (κ1) is 11.9. The molecule has 2 amide bonds. The molecule has 1 aromatic carbocycles. The lowest BCUT2D eigenvalue weighted by Gasteiger charge is -2.16. The van der Waals surface area contributed by atoms with E-state index in [4.69, 9.17) is 0 Å². The van der Waals surface area contributed by atoms with Crippen LogP contribution in [0.1, 0.15) is 5.56 Å². The van der Waals surface area contributed by atoms with Crippen molar-refractivity contribution >= 4 is 17.8 Å². The van der Waals surface area contributed by atoms with Gasteiger partial charge in [0.1, 0.15) is 0 Å². The maximum atomic E-state index is 11.2. The zero-order valence-corrected chi connectivity index (χ0v) is 10.1. The molecule has 1 rings (SSSR count). The number of carbonyl (C=O) groups excluding carboxylic acids is 1. The van der Waals surface area contributed by atoms with Crippen LogP contribution in [-0.4, -0.2) is 31.3 Å². The number of thioether (sulfide) groups is 1. The Labute approximate surface area is 94.9 Å². The quantitative estimate of drug-likeness (QED) is 0.798. The molecule has 0 aliphatic rings. The highest BCUT2D eigenvalue weighted by molar-refractivity contribution is 7.98. The molecule has 4 heteroatoms. The largest absolute Gasteiger partial charge is 0.341 e. The Balaban J connectivity index is 2.60. The van der Waals surface area contributed by atoms with Gasteiger partial charge in [0.15, 0.2) is 0 Å². The van der Waals surface area contributed by atoms with Crippen LogP contribution >= 0.6 is 11.8 Å². The SMILES string of the molecule is CNC(=O)N(C)Cc1ccc(SC)cc1. The Hall–Kier alpha value is -1.16. The number of urea groups is 1. The van der Waals surface area contributed by atoms with E-state index in [1.165, 1.54) is 4.90 Å². The third kappa shape index (κ3) is 3.47. The summed E-state index contributed by atoms with van der Waals surface area (Å²) in [6.07, 6.45) is 2.05. The van der Waals surface area contributed by atoms with Crippen LogP contribution in [0.2, 0.25) is 0 Å². The Morgan fingerprint density at radius 1 is 1.40 bits per heavy atom. The number of benzene rings is 1. The van der Waals surface area contributed by atoms with Crippen molar-refractivity contribution in [1.29, 1.82) is 0 Å². The van der Waals surface area contributed by atoms with Crippen LogP contribution in [-0.2, 0) is 6.54 Å². The summed E-state index contributed by atoms with van der Waals surface area (Å²) in [5.74, 6) is 0. The summed E-state index contributed by atoms with van der Waals surface area (Å²) in [5.41, 5.74) is 1.14. The van der Waals surface area contributed by atoms with Crippen molar-refractivity contribution in [2.45, 2.75) is 11.4 Å². The summed E-state index contributed by atoms with van der Waals surface area (Å²) >= 11 is 1.71.